The molecule has 0 bridgehead atoms. The lowest BCUT2D eigenvalue weighted by Crippen LogP contribution is -1.70. The number of benzene rings is 2. The van der Waals surface area contributed by atoms with Crippen LogP contribution in [0.5, 0.6) is 0 Å². The second-order valence-corrected chi connectivity index (χ2v) is 3.46. The number of rotatable bonds is 0. The number of hydrogen-bond donors (Lipinski definition) is 0. The maximum atomic E-state index is 5.75. The van der Waals surface area contributed by atoms with Crippen molar-refractivity contribution in [3.05, 3.63) is 48.0 Å². The second-order valence-electron chi connectivity index (χ2n) is 3.46. The van der Waals surface area contributed by atoms with Crippen molar-refractivity contribution in [2.75, 3.05) is 0 Å². The van der Waals surface area contributed by atoms with E-state index < -0.39 is 0 Å². The molecule has 1 radical (unpaired) electrons. The van der Waals surface area contributed by atoms with E-state index in [0.29, 0.717) is 0 Å². The van der Waals surface area contributed by atoms with Crippen LogP contribution in [0.1, 0.15) is 5.56 Å². The number of aryl methyl sites for hydroxylation is 1. The van der Waals surface area contributed by atoms with E-state index in [-0.39, 0.29) is 0 Å². The van der Waals surface area contributed by atoms with E-state index in [2.05, 4.69) is 25.1 Å². The van der Waals surface area contributed by atoms with E-state index in [9.17, 15) is 0 Å². The van der Waals surface area contributed by atoms with Gasteiger partial charge in [0.1, 0.15) is 11.2 Å². The van der Waals surface area contributed by atoms with Gasteiger partial charge in [-0.1, -0.05) is 30.3 Å². The van der Waals surface area contributed by atoms with Crippen LogP contribution in [-0.2, 0) is 0 Å². The summed E-state index contributed by atoms with van der Waals surface area (Å²) in [5, 5.41) is 2.23. The normalized spacial score (nSPS) is 11.2. The molecule has 1 aromatic heterocycles. The molecule has 0 saturated heterocycles. The molecule has 14 heavy (non-hydrogen) atoms. The summed E-state index contributed by atoms with van der Waals surface area (Å²) in [5.74, 6) is 0. The molecule has 0 aliphatic heterocycles. The fraction of sp³-hybridized carbons (Fsp3) is 0.0769. The van der Waals surface area contributed by atoms with Gasteiger partial charge in [0.2, 0.25) is 0 Å². The van der Waals surface area contributed by atoms with Crippen molar-refractivity contribution < 1.29 is 4.42 Å². The van der Waals surface area contributed by atoms with Gasteiger partial charge in [0, 0.05) is 10.8 Å². The lowest BCUT2D eigenvalue weighted by Gasteiger charge is -1.91. The Morgan fingerprint density at radius 1 is 1.14 bits per heavy atom. The zero-order valence-corrected chi connectivity index (χ0v) is 7.87. The summed E-state index contributed by atoms with van der Waals surface area (Å²) in [6.07, 6.45) is 0. The van der Waals surface area contributed by atoms with Crippen LogP contribution in [-0.4, -0.2) is 0 Å². The highest BCUT2D eigenvalue weighted by atomic mass is 16.3. The van der Waals surface area contributed by atoms with Crippen LogP contribution < -0.4 is 0 Å². The Morgan fingerprint density at radius 2 is 2.07 bits per heavy atom. The molecule has 1 heterocycles. The molecule has 1 heteroatoms. The molecule has 3 rings (SSSR count). The molecule has 0 saturated carbocycles. The molecule has 67 valence electrons. The first kappa shape index (κ1) is 7.63. The van der Waals surface area contributed by atoms with Gasteiger partial charge in [-0.3, -0.25) is 0 Å². The Morgan fingerprint density at radius 3 is 3.00 bits per heavy atom. The average molecular weight is 181 g/mol. The Bertz CT molecular complexity index is 605. The molecule has 1 nitrogen and oxygen atoms in total. The van der Waals surface area contributed by atoms with Crippen molar-refractivity contribution >= 4 is 21.9 Å². The van der Waals surface area contributed by atoms with Crippen LogP contribution in [0.3, 0.4) is 0 Å². The lowest BCUT2D eigenvalue weighted by molar-refractivity contribution is 0.666. The van der Waals surface area contributed by atoms with E-state index >= 15 is 0 Å². The van der Waals surface area contributed by atoms with Crippen LogP contribution >= 0.6 is 0 Å². The lowest BCUT2D eigenvalue weighted by atomic mass is 10.1. The van der Waals surface area contributed by atoms with Crippen molar-refractivity contribution in [1.82, 2.24) is 0 Å². The van der Waals surface area contributed by atoms with E-state index in [1.54, 1.807) is 0 Å². The summed E-state index contributed by atoms with van der Waals surface area (Å²) in [6.45, 7) is 2.06. The molecule has 0 spiro atoms. The number of para-hydroxylation sites is 1. The summed E-state index contributed by atoms with van der Waals surface area (Å²) < 4.78 is 5.75. The smallest absolute Gasteiger partial charge is 0.138 e. The highest BCUT2D eigenvalue weighted by Crippen LogP contribution is 2.29. The number of hydrogen-bond acceptors (Lipinski definition) is 1. The van der Waals surface area contributed by atoms with Crippen LogP contribution in [0.25, 0.3) is 21.9 Å². The van der Waals surface area contributed by atoms with Crippen LogP contribution in [0.15, 0.2) is 40.8 Å². The van der Waals surface area contributed by atoms with Gasteiger partial charge in [0.15, 0.2) is 0 Å². The molecule has 2 aromatic carbocycles. The zero-order valence-electron chi connectivity index (χ0n) is 7.87. The third kappa shape index (κ3) is 0.896. The number of fused-ring (bicyclic) bond motifs is 3. The van der Waals surface area contributed by atoms with E-state index in [1.165, 1.54) is 5.56 Å². The van der Waals surface area contributed by atoms with Gasteiger partial charge in [-0.2, -0.15) is 0 Å². The molecule has 0 aliphatic carbocycles. The topological polar surface area (TPSA) is 13.1 Å². The molecule has 0 aliphatic rings. The van der Waals surface area contributed by atoms with E-state index in [4.69, 9.17) is 4.42 Å². The summed E-state index contributed by atoms with van der Waals surface area (Å²) in [5.41, 5.74) is 3.06. The van der Waals surface area contributed by atoms with E-state index in [0.717, 1.165) is 21.9 Å². The largest absolute Gasteiger partial charge is 0.456 e. The predicted octanol–water partition coefficient (Wildman–Crippen LogP) is 3.69. The van der Waals surface area contributed by atoms with Gasteiger partial charge in [-0.15, -0.1) is 0 Å². The Hall–Kier alpha value is -1.76. The van der Waals surface area contributed by atoms with Crippen LogP contribution in [0, 0.1) is 13.0 Å². The Balaban J connectivity index is 2.63. The third-order valence-electron chi connectivity index (χ3n) is 2.51. The fourth-order valence-corrected chi connectivity index (χ4v) is 1.81. The molecule has 0 N–H and O–H groups in total. The minimum absolute atomic E-state index is 0.914. The van der Waals surface area contributed by atoms with Gasteiger partial charge in [0.25, 0.3) is 0 Å². The third-order valence-corrected chi connectivity index (χ3v) is 2.51. The summed E-state index contributed by atoms with van der Waals surface area (Å²) in [7, 11) is 0. The first-order valence-corrected chi connectivity index (χ1v) is 4.65. The Labute approximate surface area is 82.0 Å². The molecular weight excluding hydrogens is 172 g/mol. The maximum absolute atomic E-state index is 5.75. The van der Waals surface area contributed by atoms with Crippen LogP contribution in [0.4, 0.5) is 0 Å². The molecule has 3 aromatic rings. The molecule has 0 atom stereocenters. The SMILES string of the molecule is Cc1cccc2c1oc1ccc[c]c12. The first-order valence-electron chi connectivity index (χ1n) is 4.65. The quantitative estimate of drug-likeness (QED) is 0.515. The molecular formula is C13H9O. The average Bonchev–Trinajstić information content (AvgIpc) is 2.59. The van der Waals surface area contributed by atoms with Gasteiger partial charge in [-0.05, 0) is 24.6 Å². The summed E-state index contributed by atoms with van der Waals surface area (Å²) >= 11 is 0. The minimum atomic E-state index is 0.914. The molecule has 0 fully saturated rings. The Kier molecular flexibility index (Phi) is 1.42. The maximum Gasteiger partial charge on any atom is 0.138 e. The predicted molar refractivity (Wildman–Crippen MR) is 57.3 cm³/mol. The zero-order chi connectivity index (χ0) is 9.54. The number of furan rings is 1. The highest BCUT2D eigenvalue weighted by Gasteiger charge is 2.06. The fourth-order valence-electron chi connectivity index (χ4n) is 1.81. The van der Waals surface area contributed by atoms with Crippen molar-refractivity contribution in [1.29, 1.82) is 0 Å². The van der Waals surface area contributed by atoms with E-state index in [1.807, 2.05) is 24.3 Å². The highest BCUT2D eigenvalue weighted by molar-refractivity contribution is 6.05. The van der Waals surface area contributed by atoms with Crippen molar-refractivity contribution in [2.24, 2.45) is 0 Å². The van der Waals surface area contributed by atoms with Crippen molar-refractivity contribution in [3.8, 4) is 0 Å². The van der Waals surface area contributed by atoms with Gasteiger partial charge in [0.05, 0.1) is 0 Å². The van der Waals surface area contributed by atoms with Gasteiger partial charge < -0.3 is 4.42 Å². The summed E-state index contributed by atoms with van der Waals surface area (Å²) in [6, 6.07) is 15.2. The monoisotopic (exact) mass is 181 g/mol. The second kappa shape index (κ2) is 2.61. The van der Waals surface area contributed by atoms with Crippen molar-refractivity contribution in [3.63, 3.8) is 0 Å². The van der Waals surface area contributed by atoms with Gasteiger partial charge in [-0.25, -0.2) is 0 Å². The van der Waals surface area contributed by atoms with Crippen LogP contribution in [0.2, 0.25) is 0 Å². The summed E-state index contributed by atoms with van der Waals surface area (Å²) in [4.78, 5) is 0. The van der Waals surface area contributed by atoms with Gasteiger partial charge >= 0.3 is 0 Å². The minimum Gasteiger partial charge on any atom is -0.456 e. The molecule has 0 unspecified atom stereocenters. The molecule has 0 amide bonds. The van der Waals surface area contributed by atoms with Crippen molar-refractivity contribution in [2.45, 2.75) is 6.92 Å². The standard InChI is InChI=1S/C13H9O/c1-9-5-4-7-11-10-6-2-3-8-12(10)14-13(9)11/h2-5,7-8H,1H3. The first-order chi connectivity index (χ1) is 6.86.